The number of fused-ring (bicyclic) bond motifs is 5. The monoisotopic (exact) mass is 344 g/mol. The van der Waals surface area contributed by atoms with Crippen molar-refractivity contribution in [3.05, 3.63) is 11.6 Å². The topological polar surface area (TPSA) is 54.4 Å². The largest absolute Gasteiger partial charge is 0.389 e. The number of aliphatic hydroxyl groups is 1. The van der Waals surface area contributed by atoms with Crippen LogP contribution >= 0.6 is 0 Å². The zero-order chi connectivity index (χ0) is 18.0. The van der Waals surface area contributed by atoms with E-state index in [1.807, 2.05) is 6.08 Å². The summed E-state index contributed by atoms with van der Waals surface area (Å²) in [5.41, 5.74) is 1.47. The van der Waals surface area contributed by atoms with Gasteiger partial charge >= 0.3 is 0 Å². The lowest BCUT2D eigenvalue weighted by Crippen LogP contribution is -2.54. The van der Waals surface area contributed by atoms with Gasteiger partial charge < -0.3 is 9.90 Å². The zero-order valence-electron chi connectivity index (χ0n) is 15.8. The molecular formula is C22H32O3. The molecule has 0 aromatic rings. The number of aldehydes is 1. The van der Waals surface area contributed by atoms with Crippen molar-refractivity contribution in [3.8, 4) is 0 Å². The van der Waals surface area contributed by atoms with E-state index in [0.717, 1.165) is 38.4 Å². The first kappa shape index (κ1) is 17.5. The number of Topliss-reactive ketones (excluding diaryl/α,β-unsaturated/α-hetero) is 1. The van der Waals surface area contributed by atoms with Gasteiger partial charge in [-0.15, -0.1) is 0 Å². The van der Waals surface area contributed by atoms with Gasteiger partial charge in [0.25, 0.3) is 0 Å². The summed E-state index contributed by atoms with van der Waals surface area (Å²) in [6.07, 6.45) is 9.47. The third-order valence-electron chi connectivity index (χ3n) is 8.88. The molecule has 0 amide bonds. The predicted molar refractivity (Wildman–Crippen MR) is 96.8 cm³/mol. The number of hydrogen-bond donors (Lipinski definition) is 1. The van der Waals surface area contributed by atoms with Crippen molar-refractivity contribution in [2.75, 3.05) is 0 Å². The fourth-order valence-electron chi connectivity index (χ4n) is 7.47. The lowest BCUT2D eigenvalue weighted by Gasteiger charge is -2.58. The fraction of sp³-hybridized carbons (Fsp3) is 0.818. The van der Waals surface area contributed by atoms with Crippen LogP contribution in [0.15, 0.2) is 11.6 Å². The van der Waals surface area contributed by atoms with Crippen LogP contribution in [0.2, 0.25) is 0 Å². The van der Waals surface area contributed by atoms with Gasteiger partial charge in [0.1, 0.15) is 12.1 Å². The lowest BCUT2D eigenvalue weighted by molar-refractivity contribution is -0.125. The van der Waals surface area contributed by atoms with Crippen molar-refractivity contribution in [2.45, 2.75) is 71.8 Å². The normalized spacial score (nSPS) is 50.3. The summed E-state index contributed by atoms with van der Waals surface area (Å²) in [7, 11) is 0. The summed E-state index contributed by atoms with van der Waals surface area (Å²) >= 11 is 0. The first-order valence-corrected chi connectivity index (χ1v) is 10.2. The molecule has 3 heteroatoms. The number of hydrogen-bond acceptors (Lipinski definition) is 3. The maximum Gasteiger partial charge on any atom is 0.136 e. The molecule has 138 valence electrons. The Labute approximate surface area is 151 Å². The molecule has 0 heterocycles. The Balaban J connectivity index is 1.70. The maximum absolute atomic E-state index is 12.0. The van der Waals surface area contributed by atoms with Crippen molar-refractivity contribution in [1.29, 1.82) is 0 Å². The Morgan fingerprint density at radius 1 is 1.20 bits per heavy atom. The van der Waals surface area contributed by atoms with E-state index in [4.69, 9.17) is 0 Å². The quantitative estimate of drug-likeness (QED) is 0.610. The van der Waals surface area contributed by atoms with E-state index in [-0.39, 0.29) is 16.7 Å². The first-order valence-electron chi connectivity index (χ1n) is 10.2. The summed E-state index contributed by atoms with van der Waals surface area (Å²) in [6.45, 7) is 6.79. The molecule has 1 N–H and O–H groups in total. The first-order chi connectivity index (χ1) is 11.8. The van der Waals surface area contributed by atoms with E-state index >= 15 is 0 Å². The van der Waals surface area contributed by atoms with Gasteiger partial charge in [0, 0.05) is 18.8 Å². The number of allylic oxidation sites excluding steroid dienone is 1. The standard InChI is InChI=1S/C22H32O3/c1-13(12-23)16-4-5-17-20-18(7-9-22(16,17)3)21(2)8-6-15(24)10-14(21)11-19(20)25/h11-13,16-20,25H,4-10H2,1-3H3/t13?,16?,17?,18?,19-,20?,21+,22-/m1/s1. The van der Waals surface area contributed by atoms with E-state index in [1.54, 1.807) is 0 Å². The average Bonchev–Trinajstić information content (AvgIpc) is 2.93. The Morgan fingerprint density at radius 2 is 1.96 bits per heavy atom. The van der Waals surface area contributed by atoms with E-state index in [1.165, 1.54) is 5.57 Å². The van der Waals surface area contributed by atoms with Gasteiger partial charge in [-0.2, -0.15) is 0 Å². The van der Waals surface area contributed by atoms with Crippen LogP contribution in [0.4, 0.5) is 0 Å². The van der Waals surface area contributed by atoms with Crippen molar-refractivity contribution < 1.29 is 14.7 Å². The minimum atomic E-state index is -0.422. The summed E-state index contributed by atoms with van der Waals surface area (Å²) in [4.78, 5) is 23.4. The average molecular weight is 344 g/mol. The highest BCUT2D eigenvalue weighted by Gasteiger charge is 2.61. The van der Waals surface area contributed by atoms with Crippen LogP contribution in [-0.2, 0) is 9.59 Å². The van der Waals surface area contributed by atoms with Crippen molar-refractivity contribution >= 4 is 12.1 Å². The summed E-state index contributed by atoms with van der Waals surface area (Å²) in [5.74, 6) is 2.18. The summed E-state index contributed by atoms with van der Waals surface area (Å²) < 4.78 is 0. The highest BCUT2D eigenvalue weighted by molar-refractivity contribution is 5.82. The molecule has 25 heavy (non-hydrogen) atoms. The maximum atomic E-state index is 12.0. The molecule has 0 radical (unpaired) electrons. The van der Waals surface area contributed by atoms with Crippen LogP contribution in [-0.4, -0.2) is 23.3 Å². The molecule has 0 aromatic carbocycles. The second-order valence-corrected chi connectivity index (χ2v) is 9.83. The molecule has 0 aliphatic heterocycles. The zero-order valence-corrected chi connectivity index (χ0v) is 15.8. The molecule has 0 spiro atoms. The van der Waals surface area contributed by atoms with Gasteiger partial charge in [0.2, 0.25) is 0 Å². The summed E-state index contributed by atoms with van der Waals surface area (Å²) in [5, 5.41) is 11.0. The molecule has 5 unspecified atom stereocenters. The molecule has 4 rings (SSSR count). The highest BCUT2D eigenvalue weighted by atomic mass is 16.3. The molecule has 3 saturated carbocycles. The minimum absolute atomic E-state index is 0.0908. The molecule has 4 aliphatic rings. The lowest BCUT2D eigenvalue weighted by atomic mass is 9.46. The van der Waals surface area contributed by atoms with Crippen LogP contribution in [0.3, 0.4) is 0 Å². The Hall–Kier alpha value is -0.960. The molecule has 4 aliphatic carbocycles. The van der Waals surface area contributed by atoms with Crippen molar-refractivity contribution in [2.24, 2.45) is 40.4 Å². The molecule has 0 saturated heterocycles. The van der Waals surface area contributed by atoms with Gasteiger partial charge in [0.05, 0.1) is 6.10 Å². The van der Waals surface area contributed by atoms with E-state index in [2.05, 4.69) is 20.8 Å². The van der Waals surface area contributed by atoms with Gasteiger partial charge in [0.15, 0.2) is 0 Å². The number of carbonyl (C=O) groups excluding carboxylic acids is 2. The number of rotatable bonds is 2. The number of aliphatic hydroxyl groups excluding tert-OH is 1. The van der Waals surface area contributed by atoms with Crippen LogP contribution in [0.5, 0.6) is 0 Å². The second-order valence-electron chi connectivity index (χ2n) is 9.83. The van der Waals surface area contributed by atoms with Crippen molar-refractivity contribution in [3.63, 3.8) is 0 Å². The molecule has 0 bridgehead atoms. The molecular weight excluding hydrogens is 312 g/mol. The molecule has 8 atom stereocenters. The van der Waals surface area contributed by atoms with Gasteiger partial charge in [-0.05, 0) is 66.6 Å². The molecule has 3 nitrogen and oxygen atoms in total. The van der Waals surface area contributed by atoms with Gasteiger partial charge in [-0.25, -0.2) is 0 Å². The van der Waals surface area contributed by atoms with Crippen LogP contribution in [0.25, 0.3) is 0 Å². The van der Waals surface area contributed by atoms with Crippen LogP contribution in [0.1, 0.15) is 65.7 Å². The van der Waals surface area contributed by atoms with Crippen molar-refractivity contribution in [1.82, 2.24) is 0 Å². The highest BCUT2D eigenvalue weighted by Crippen LogP contribution is 2.66. The smallest absolute Gasteiger partial charge is 0.136 e. The Morgan fingerprint density at radius 3 is 2.68 bits per heavy atom. The van der Waals surface area contributed by atoms with E-state index in [0.29, 0.717) is 42.3 Å². The third kappa shape index (κ3) is 2.34. The Bertz CT molecular complexity index is 623. The van der Waals surface area contributed by atoms with Gasteiger partial charge in [-0.1, -0.05) is 32.4 Å². The third-order valence-corrected chi connectivity index (χ3v) is 8.88. The van der Waals surface area contributed by atoms with E-state index in [9.17, 15) is 14.7 Å². The number of carbonyl (C=O) groups is 2. The Kier molecular flexibility index (Phi) is 4.03. The SMILES string of the molecule is CC(C=O)C1CCC2C3C(CC[C@]12C)[C@@]1(C)CCC(=O)CC1=C[C@H]3O. The predicted octanol–water partition coefficient (Wildman–Crippen LogP) is 3.94. The molecule has 3 fully saturated rings. The fourth-order valence-corrected chi connectivity index (χ4v) is 7.47. The van der Waals surface area contributed by atoms with Gasteiger partial charge in [-0.3, -0.25) is 4.79 Å². The van der Waals surface area contributed by atoms with Crippen LogP contribution in [0, 0.1) is 40.4 Å². The summed E-state index contributed by atoms with van der Waals surface area (Å²) in [6, 6.07) is 0. The van der Waals surface area contributed by atoms with Crippen LogP contribution < -0.4 is 0 Å². The number of ketones is 1. The second kappa shape index (κ2) is 5.77. The molecule has 0 aromatic heterocycles. The minimum Gasteiger partial charge on any atom is -0.389 e. The van der Waals surface area contributed by atoms with E-state index < -0.39 is 6.10 Å².